The monoisotopic (exact) mass is 516 g/mol. The van der Waals surface area contributed by atoms with E-state index in [1.165, 1.54) is 12.1 Å². The van der Waals surface area contributed by atoms with E-state index in [4.69, 9.17) is 5.73 Å². The predicted octanol–water partition coefficient (Wildman–Crippen LogP) is 1.64. The molecule has 3 rings (SSSR count). The van der Waals surface area contributed by atoms with Crippen molar-refractivity contribution in [3.63, 3.8) is 0 Å². The Morgan fingerprint density at radius 1 is 1.11 bits per heavy atom. The zero-order valence-electron chi connectivity index (χ0n) is 20.1. The summed E-state index contributed by atoms with van der Waals surface area (Å²) in [4.78, 5) is 36.8. The number of rotatable bonds is 11. The molecule has 0 unspecified atom stereocenters. The van der Waals surface area contributed by atoms with Crippen LogP contribution in [0.4, 0.5) is 5.69 Å². The Hall–Kier alpha value is -3.28. The van der Waals surface area contributed by atoms with Gasteiger partial charge in [0, 0.05) is 25.1 Å². The number of anilines is 1. The molecule has 10 nitrogen and oxygen atoms in total. The molecule has 0 spiro atoms. The van der Waals surface area contributed by atoms with Gasteiger partial charge in [-0.3, -0.25) is 9.59 Å². The highest BCUT2D eigenvalue weighted by Gasteiger charge is 2.40. The van der Waals surface area contributed by atoms with Gasteiger partial charge in [0.1, 0.15) is 12.1 Å². The SMILES string of the molecule is Cc1ccc(S(=O)(=O)N2CCC[C@H]2C(=O)N[C@@H](Cc2ccc(NC(=O)CCCN)cc2)C(=O)O)cc1. The van der Waals surface area contributed by atoms with Gasteiger partial charge in [0.15, 0.2) is 0 Å². The molecule has 1 aliphatic heterocycles. The third-order valence-corrected chi connectivity index (χ3v) is 7.96. The van der Waals surface area contributed by atoms with Gasteiger partial charge in [-0.05, 0) is 62.6 Å². The number of carboxylic acids is 1. The minimum absolute atomic E-state index is 0.0000938. The molecule has 5 N–H and O–H groups in total. The first-order chi connectivity index (χ1) is 17.1. The minimum atomic E-state index is -3.90. The molecule has 0 bridgehead atoms. The van der Waals surface area contributed by atoms with Gasteiger partial charge < -0.3 is 21.5 Å². The Labute approximate surface area is 210 Å². The fourth-order valence-electron chi connectivity index (χ4n) is 4.05. The van der Waals surface area contributed by atoms with Crippen molar-refractivity contribution in [1.29, 1.82) is 0 Å². The number of nitrogens with one attached hydrogen (secondary N) is 2. The summed E-state index contributed by atoms with van der Waals surface area (Å²) in [5.74, 6) is -2.03. The van der Waals surface area contributed by atoms with Crippen LogP contribution in [0.2, 0.25) is 0 Å². The molecule has 1 saturated heterocycles. The van der Waals surface area contributed by atoms with Gasteiger partial charge in [-0.2, -0.15) is 4.31 Å². The van der Waals surface area contributed by atoms with Gasteiger partial charge in [-0.1, -0.05) is 29.8 Å². The molecule has 0 aromatic heterocycles. The number of carbonyl (C=O) groups is 3. The van der Waals surface area contributed by atoms with Crippen LogP contribution in [-0.2, 0) is 30.8 Å². The number of nitrogens with zero attached hydrogens (tertiary/aromatic N) is 1. The lowest BCUT2D eigenvalue weighted by Crippen LogP contribution is -2.51. The van der Waals surface area contributed by atoms with Crippen LogP contribution < -0.4 is 16.4 Å². The van der Waals surface area contributed by atoms with Crippen molar-refractivity contribution in [2.24, 2.45) is 5.73 Å². The Morgan fingerprint density at radius 3 is 2.39 bits per heavy atom. The Kier molecular flexibility index (Phi) is 9.19. The summed E-state index contributed by atoms with van der Waals surface area (Å²) in [6, 6.07) is 10.8. The molecule has 2 amide bonds. The van der Waals surface area contributed by atoms with Crippen LogP contribution >= 0.6 is 0 Å². The fourth-order valence-corrected chi connectivity index (χ4v) is 5.71. The topological polar surface area (TPSA) is 159 Å². The number of amides is 2. The van der Waals surface area contributed by atoms with E-state index in [1.807, 2.05) is 6.92 Å². The highest BCUT2D eigenvalue weighted by atomic mass is 32.2. The average Bonchev–Trinajstić information content (AvgIpc) is 3.35. The molecule has 1 heterocycles. The van der Waals surface area contributed by atoms with Crippen molar-refractivity contribution >= 4 is 33.5 Å². The third-order valence-electron chi connectivity index (χ3n) is 6.03. The first-order valence-electron chi connectivity index (χ1n) is 11.8. The first-order valence-corrected chi connectivity index (χ1v) is 13.3. The third kappa shape index (κ3) is 6.90. The largest absolute Gasteiger partial charge is 0.480 e. The van der Waals surface area contributed by atoms with Crippen LogP contribution in [0.5, 0.6) is 0 Å². The number of aliphatic carboxylic acids is 1. The van der Waals surface area contributed by atoms with Gasteiger partial charge in [-0.15, -0.1) is 0 Å². The molecule has 2 aromatic rings. The molecule has 0 saturated carbocycles. The maximum absolute atomic E-state index is 13.1. The number of aryl methyl sites for hydroxylation is 1. The van der Waals surface area contributed by atoms with E-state index >= 15 is 0 Å². The Bertz CT molecular complexity index is 1180. The van der Waals surface area contributed by atoms with Gasteiger partial charge in [0.05, 0.1) is 4.90 Å². The van der Waals surface area contributed by atoms with Gasteiger partial charge in [0.2, 0.25) is 21.8 Å². The molecule has 2 atom stereocenters. The van der Waals surface area contributed by atoms with E-state index in [1.54, 1.807) is 36.4 Å². The van der Waals surface area contributed by atoms with E-state index in [-0.39, 0.29) is 23.8 Å². The second kappa shape index (κ2) is 12.1. The van der Waals surface area contributed by atoms with Crippen molar-refractivity contribution < 1.29 is 27.9 Å². The van der Waals surface area contributed by atoms with Crippen molar-refractivity contribution in [1.82, 2.24) is 9.62 Å². The number of sulfonamides is 1. The summed E-state index contributed by atoms with van der Waals surface area (Å²) in [5, 5.41) is 15.0. The second-order valence-corrected chi connectivity index (χ2v) is 10.7. The molecule has 194 valence electrons. The zero-order chi connectivity index (χ0) is 26.3. The van der Waals surface area contributed by atoms with E-state index in [2.05, 4.69) is 10.6 Å². The van der Waals surface area contributed by atoms with E-state index in [0.29, 0.717) is 43.5 Å². The molecule has 0 aliphatic carbocycles. The van der Waals surface area contributed by atoms with Crippen molar-refractivity contribution in [3.8, 4) is 0 Å². The quantitative estimate of drug-likeness (QED) is 0.353. The normalized spacial score (nSPS) is 16.9. The summed E-state index contributed by atoms with van der Waals surface area (Å²) < 4.78 is 27.4. The highest BCUT2D eigenvalue weighted by Crippen LogP contribution is 2.26. The van der Waals surface area contributed by atoms with Crippen LogP contribution in [0.1, 0.15) is 36.8 Å². The standard InChI is InChI=1S/C25H32N4O6S/c1-17-6-12-20(13-7-17)36(34,35)29-15-3-4-22(29)24(31)28-21(25(32)33)16-18-8-10-19(11-9-18)27-23(30)5-2-14-26/h6-13,21-22H,2-5,14-16,26H2,1H3,(H,27,30)(H,28,31)(H,32,33)/t21-,22-/m0/s1. The molecule has 36 heavy (non-hydrogen) atoms. The predicted molar refractivity (Wildman–Crippen MR) is 135 cm³/mol. The smallest absolute Gasteiger partial charge is 0.326 e. The highest BCUT2D eigenvalue weighted by molar-refractivity contribution is 7.89. The number of hydrogen-bond donors (Lipinski definition) is 4. The Morgan fingerprint density at radius 2 is 1.78 bits per heavy atom. The summed E-state index contributed by atoms with van der Waals surface area (Å²) >= 11 is 0. The molecule has 2 aromatic carbocycles. The van der Waals surface area contributed by atoms with Crippen molar-refractivity contribution in [2.45, 2.75) is 56.0 Å². The summed E-state index contributed by atoms with van der Waals surface area (Å²) in [7, 11) is -3.90. The van der Waals surface area contributed by atoms with Crippen LogP contribution in [0.25, 0.3) is 0 Å². The molecule has 0 radical (unpaired) electrons. The van der Waals surface area contributed by atoms with Crippen molar-refractivity contribution in [3.05, 3.63) is 59.7 Å². The lowest BCUT2D eigenvalue weighted by molar-refractivity contribution is -0.142. The van der Waals surface area contributed by atoms with Crippen LogP contribution in [0.3, 0.4) is 0 Å². The van der Waals surface area contributed by atoms with Crippen LogP contribution in [0.15, 0.2) is 53.4 Å². The Balaban J connectivity index is 1.66. The minimum Gasteiger partial charge on any atom is -0.480 e. The fraction of sp³-hybridized carbons (Fsp3) is 0.400. The average molecular weight is 517 g/mol. The number of nitrogens with two attached hydrogens (primary N) is 1. The molecule has 1 aliphatic rings. The van der Waals surface area contributed by atoms with E-state index < -0.39 is 34.0 Å². The summed E-state index contributed by atoms with van der Waals surface area (Å²) in [6.07, 6.45) is 1.69. The van der Waals surface area contributed by atoms with E-state index in [9.17, 15) is 27.9 Å². The molecular weight excluding hydrogens is 484 g/mol. The van der Waals surface area contributed by atoms with Crippen molar-refractivity contribution in [2.75, 3.05) is 18.4 Å². The molecule has 11 heteroatoms. The van der Waals surface area contributed by atoms with Crippen LogP contribution in [-0.4, -0.2) is 60.8 Å². The number of carboxylic acid groups (broad SMARTS) is 1. The van der Waals surface area contributed by atoms with Crippen LogP contribution in [0, 0.1) is 6.92 Å². The van der Waals surface area contributed by atoms with E-state index in [0.717, 1.165) is 9.87 Å². The maximum Gasteiger partial charge on any atom is 0.326 e. The summed E-state index contributed by atoms with van der Waals surface area (Å²) in [6.45, 7) is 2.46. The lowest BCUT2D eigenvalue weighted by Gasteiger charge is -2.25. The number of benzene rings is 2. The molecule has 1 fully saturated rings. The van der Waals surface area contributed by atoms with Gasteiger partial charge >= 0.3 is 5.97 Å². The van der Waals surface area contributed by atoms with Gasteiger partial charge in [-0.25, -0.2) is 13.2 Å². The molecular formula is C25H32N4O6S. The first kappa shape index (κ1) is 27.3. The van der Waals surface area contributed by atoms with Gasteiger partial charge in [0.25, 0.3) is 0 Å². The number of carbonyl (C=O) groups excluding carboxylic acids is 2. The number of hydrogen-bond acceptors (Lipinski definition) is 6. The lowest BCUT2D eigenvalue weighted by atomic mass is 10.0. The zero-order valence-corrected chi connectivity index (χ0v) is 21.0. The second-order valence-electron chi connectivity index (χ2n) is 8.83. The summed E-state index contributed by atoms with van der Waals surface area (Å²) in [5.41, 5.74) is 7.52. The maximum atomic E-state index is 13.1.